The van der Waals surface area contributed by atoms with Crippen molar-refractivity contribution in [2.45, 2.75) is 0 Å². The van der Waals surface area contributed by atoms with E-state index in [-0.39, 0.29) is 0 Å². The van der Waals surface area contributed by atoms with Gasteiger partial charge in [0.2, 0.25) is 0 Å². The second-order valence-corrected chi connectivity index (χ2v) is 16.9. The number of para-hydroxylation sites is 3. The molecule has 0 bridgehead atoms. The molecule has 0 N–H and O–H groups in total. The molecule has 0 fully saturated rings. The van der Waals surface area contributed by atoms with Crippen molar-refractivity contribution in [3.63, 3.8) is 0 Å². The van der Waals surface area contributed by atoms with Crippen LogP contribution in [0.4, 0.5) is 17.1 Å². The Labute approximate surface area is 385 Å². The number of aromatic nitrogens is 1. The van der Waals surface area contributed by atoms with Gasteiger partial charge in [-0.25, -0.2) is 0 Å². The van der Waals surface area contributed by atoms with E-state index in [0.717, 1.165) is 39.4 Å². The van der Waals surface area contributed by atoms with Crippen molar-refractivity contribution in [1.29, 1.82) is 0 Å². The maximum Gasteiger partial charge on any atom is 0.0541 e. The molecule has 310 valence electrons. The van der Waals surface area contributed by atoms with Gasteiger partial charge in [0.15, 0.2) is 0 Å². The van der Waals surface area contributed by atoms with Gasteiger partial charge >= 0.3 is 0 Å². The topological polar surface area (TPSA) is 8.17 Å². The van der Waals surface area contributed by atoms with Crippen molar-refractivity contribution in [1.82, 2.24) is 4.57 Å². The molecule has 0 spiro atoms. The van der Waals surface area contributed by atoms with Crippen LogP contribution in [0.15, 0.2) is 267 Å². The van der Waals surface area contributed by atoms with Crippen LogP contribution < -0.4 is 4.90 Å². The number of benzene rings is 11. The van der Waals surface area contributed by atoms with E-state index in [1.165, 1.54) is 71.5 Å². The van der Waals surface area contributed by atoms with E-state index in [0.29, 0.717) is 0 Å². The Bertz CT molecular complexity index is 3640. The van der Waals surface area contributed by atoms with Crippen molar-refractivity contribution in [3.05, 3.63) is 267 Å². The zero-order valence-electron chi connectivity index (χ0n) is 36.3. The summed E-state index contributed by atoms with van der Waals surface area (Å²) in [7, 11) is 0. The number of hydrogen-bond donors (Lipinski definition) is 0. The normalized spacial score (nSPS) is 11.3. The SMILES string of the molecule is c1ccc(-c2ccccc2-c2ccccc2-c2ccccc2N(c2ccc(-c3ccc(-n4c5ccccc5c5ccccc54)cc3)cc2)c2cccc(-c3ccc4ccccc4c3)c2)cc1. The quantitative estimate of drug-likeness (QED) is 0.141. The van der Waals surface area contributed by atoms with Crippen LogP contribution in [0.3, 0.4) is 0 Å². The fraction of sp³-hybridized carbons (Fsp3) is 0. The minimum absolute atomic E-state index is 1.07. The lowest BCUT2D eigenvalue weighted by Gasteiger charge is -2.29. The van der Waals surface area contributed by atoms with Crippen LogP contribution in [0.5, 0.6) is 0 Å². The molecule has 66 heavy (non-hydrogen) atoms. The third kappa shape index (κ3) is 7.02. The molecule has 11 aromatic carbocycles. The Morgan fingerprint density at radius 3 is 1.44 bits per heavy atom. The molecule has 2 nitrogen and oxygen atoms in total. The fourth-order valence-electron chi connectivity index (χ4n) is 9.86. The van der Waals surface area contributed by atoms with Crippen LogP contribution in [-0.4, -0.2) is 4.57 Å². The summed E-state index contributed by atoms with van der Waals surface area (Å²) in [5.74, 6) is 0. The lowest BCUT2D eigenvalue weighted by atomic mass is 9.88. The van der Waals surface area contributed by atoms with Gasteiger partial charge in [-0.05, 0) is 122 Å². The van der Waals surface area contributed by atoms with Gasteiger partial charge in [0, 0.05) is 33.4 Å². The van der Waals surface area contributed by atoms with Crippen LogP contribution in [0.1, 0.15) is 0 Å². The maximum atomic E-state index is 2.43. The minimum atomic E-state index is 1.07. The molecule has 12 aromatic rings. The van der Waals surface area contributed by atoms with E-state index >= 15 is 0 Å². The Balaban J connectivity index is 0.974. The van der Waals surface area contributed by atoms with E-state index in [9.17, 15) is 0 Å². The molecule has 0 atom stereocenters. The molecule has 0 radical (unpaired) electrons. The van der Waals surface area contributed by atoms with Gasteiger partial charge in [0.25, 0.3) is 0 Å². The third-order valence-electron chi connectivity index (χ3n) is 13.0. The standard InChI is InChI=1S/C64H44N2/c1-2-18-48(19-3-1)55-23-6-7-24-56(55)57-25-8-9-26-58(57)59-27-10-13-30-62(59)65(54-22-16-21-50(44-54)51-34-33-45-17-4-5-20-49(45)43-51)52-39-35-46(36-40-52)47-37-41-53(42-38-47)66-63-31-14-11-28-60(63)61-29-12-15-32-64(61)66/h1-44H. The Kier molecular flexibility index (Phi) is 9.89. The molecule has 0 unspecified atom stereocenters. The summed E-state index contributed by atoms with van der Waals surface area (Å²) in [6, 6.07) is 96.9. The molecule has 0 saturated heterocycles. The largest absolute Gasteiger partial charge is 0.310 e. The second-order valence-electron chi connectivity index (χ2n) is 16.9. The molecule has 0 saturated carbocycles. The van der Waals surface area contributed by atoms with E-state index in [4.69, 9.17) is 0 Å². The summed E-state index contributed by atoms with van der Waals surface area (Å²) in [5.41, 5.74) is 18.6. The molecule has 0 aliphatic heterocycles. The smallest absolute Gasteiger partial charge is 0.0541 e. The average Bonchev–Trinajstić information content (AvgIpc) is 3.74. The molecule has 0 amide bonds. The summed E-state index contributed by atoms with van der Waals surface area (Å²) in [6.45, 7) is 0. The monoisotopic (exact) mass is 840 g/mol. The third-order valence-corrected chi connectivity index (χ3v) is 13.0. The van der Waals surface area contributed by atoms with Gasteiger partial charge in [0.1, 0.15) is 0 Å². The summed E-state index contributed by atoms with van der Waals surface area (Å²) in [5, 5.41) is 5.00. The highest BCUT2D eigenvalue weighted by atomic mass is 15.1. The first-order valence-electron chi connectivity index (χ1n) is 22.7. The second kappa shape index (κ2) is 16.8. The van der Waals surface area contributed by atoms with Crippen LogP contribution in [0.2, 0.25) is 0 Å². The van der Waals surface area contributed by atoms with Gasteiger partial charge in [-0.15, -0.1) is 0 Å². The highest BCUT2D eigenvalue weighted by Gasteiger charge is 2.21. The zero-order chi connectivity index (χ0) is 43.8. The molecule has 0 aliphatic carbocycles. The van der Waals surface area contributed by atoms with Gasteiger partial charge < -0.3 is 9.47 Å². The van der Waals surface area contributed by atoms with E-state index < -0.39 is 0 Å². The lowest BCUT2D eigenvalue weighted by Crippen LogP contribution is -2.11. The lowest BCUT2D eigenvalue weighted by molar-refractivity contribution is 1.18. The van der Waals surface area contributed by atoms with Gasteiger partial charge in [0.05, 0.1) is 16.7 Å². The van der Waals surface area contributed by atoms with Gasteiger partial charge in [-0.2, -0.15) is 0 Å². The minimum Gasteiger partial charge on any atom is -0.310 e. The number of nitrogens with zero attached hydrogens (tertiary/aromatic N) is 2. The molecule has 12 rings (SSSR count). The predicted octanol–water partition coefficient (Wildman–Crippen LogP) is 17.7. The van der Waals surface area contributed by atoms with Crippen LogP contribution in [-0.2, 0) is 0 Å². The molecular formula is C64H44N2. The first-order chi connectivity index (χ1) is 32.7. The van der Waals surface area contributed by atoms with Crippen molar-refractivity contribution in [3.8, 4) is 61.3 Å². The summed E-state index contributed by atoms with van der Waals surface area (Å²) in [6.07, 6.45) is 0. The van der Waals surface area contributed by atoms with Crippen molar-refractivity contribution in [2.24, 2.45) is 0 Å². The van der Waals surface area contributed by atoms with E-state index in [1.54, 1.807) is 0 Å². The Morgan fingerprint density at radius 2 is 0.742 bits per heavy atom. The van der Waals surface area contributed by atoms with E-state index in [1.807, 2.05) is 0 Å². The van der Waals surface area contributed by atoms with Crippen LogP contribution in [0.25, 0.3) is 93.9 Å². The molecular weight excluding hydrogens is 797 g/mol. The number of fused-ring (bicyclic) bond motifs is 4. The fourth-order valence-corrected chi connectivity index (χ4v) is 9.86. The van der Waals surface area contributed by atoms with Crippen LogP contribution in [0, 0.1) is 0 Å². The molecule has 0 aliphatic rings. The van der Waals surface area contributed by atoms with Gasteiger partial charge in [-0.1, -0.05) is 206 Å². The number of rotatable bonds is 9. The zero-order valence-corrected chi connectivity index (χ0v) is 36.3. The van der Waals surface area contributed by atoms with Crippen molar-refractivity contribution >= 4 is 49.6 Å². The Hall–Kier alpha value is -8.72. The maximum absolute atomic E-state index is 2.43. The van der Waals surface area contributed by atoms with Gasteiger partial charge in [-0.3, -0.25) is 0 Å². The predicted molar refractivity (Wildman–Crippen MR) is 280 cm³/mol. The highest BCUT2D eigenvalue weighted by molar-refractivity contribution is 6.09. The number of hydrogen-bond acceptors (Lipinski definition) is 1. The molecule has 1 heterocycles. The molecule has 2 heteroatoms. The molecule has 1 aromatic heterocycles. The average molecular weight is 841 g/mol. The summed E-state index contributed by atoms with van der Waals surface area (Å²) in [4.78, 5) is 2.43. The summed E-state index contributed by atoms with van der Waals surface area (Å²) < 4.78 is 2.37. The first-order valence-corrected chi connectivity index (χ1v) is 22.7. The van der Waals surface area contributed by atoms with E-state index in [2.05, 4.69) is 276 Å². The number of anilines is 3. The first kappa shape index (κ1) is 38.9. The van der Waals surface area contributed by atoms with Crippen LogP contribution >= 0.6 is 0 Å². The van der Waals surface area contributed by atoms with Crippen molar-refractivity contribution < 1.29 is 0 Å². The highest BCUT2D eigenvalue weighted by Crippen LogP contribution is 2.46. The Morgan fingerprint density at radius 1 is 0.258 bits per heavy atom. The summed E-state index contributed by atoms with van der Waals surface area (Å²) >= 11 is 0. The van der Waals surface area contributed by atoms with Crippen molar-refractivity contribution in [2.75, 3.05) is 4.90 Å².